The van der Waals surface area contributed by atoms with Crippen LogP contribution in [0.5, 0.6) is 5.75 Å². The number of amides is 1. The molecule has 0 aliphatic carbocycles. The highest BCUT2D eigenvalue weighted by molar-refractivity contribution is 6.06. The lowest BCUT2D eigenvalue weighted by atomic mass is 10.1. The Bertz CT molecular complexity index is 988. The SMILES string of the molecule is COc1ccc(C(=O)Nc2cccnc2N2CCOCC2)cc1-c1ccccn1. The summed E-state index contributed by atoms with van der Waals surface area (Å²) in [6, 6.07) is 14.6. The van der Waals surface area contributed by atoms with Crippen molar-refractivity contribution in [2.24, 2.45) is 0 Å². The Hall–Kier alpha value is -3.45. The molecular weight excluding hydrogens is 368 g/mol. The molecule has 1 saturated heterocycles. The summed E-state index contributed by atoms with van der Waals surface area (Å²) in [4.78, 5) is 24.0. The smallest absolute Gasteiger partial charge is 0.255 e. The Labute approximate surface area is 169 Å². The maximum Gasteiger partial charge on any atom is 0.255 e. The molecule has 1 amide bonds. The fourth-order valence-electron chi connectivity index (χ4n) is 3.29. The second-order valence-electron chi connectivity index (χ2n) is 6.56. The molecule has 1 aliphatic heterocycles. The normalized spacial score (nSPS) is 13.8. The van der Waals surface area contributed by atoms with Gasteiger partial charge < -0.3 is 19.7 Å². The molecule has 0 bridgehead atoms. The Morgan fingerprint density at radius 2 is 1.90 bits per heavy atom. The predicted octanol–water partition coefficient (Wildman–Crippen LogP) is 3.24. The van der Waals surface area contributed by atoms with E-state index < -0.39 is 0 Å². The van der Waals surface area contributed by atoms with E-state index in [1.807, 2.05) is 30.3 Å². The molecule has 0 saturated carbocycles. The minimum absolute atomic E-state index is 0.215. The van der Waals surface area contributed by atoms with Crippen molar-refractivity contribution < 1.29 is 14.3 Å². The maximum atomic E-state index is 13.0. The molecule has 1 aliphatic rings. The summed E-state index contributed by atoms with van der Waals surface area (Å²) in [5.74, 6) is 1.20. The number of nitrogens with zero attached hydrogens (tertiary/aromatic N) is 3. The van der Waals surface area contributed by atoms with Gasteiger partial charge in [0.15, 0.2) is 5.82 Å². The van der Waals surface area contributed by atoms with Gasteiger partial charge in [-0.15, -0.1) is 0 Å². The number of benzene rings is 1. The van der Waals surface area contributed by atoms with Crippen LogP contribution in [0.1, 0.15) is 10.4 Å². The van der Waals surface area contributed by atoms with Crippen LogP contribution >= 0.6 is 0 Å². The lowest BCUT2D eigenvalue weighted by Crippen LogP contribution is -2.37. The number of hydrogen-bond donors (Lipinski definition) is 1. The van der Waals surface area contributed by atoms with Gasteiger partial charge >= 0.3 is 0 Å². The minimum Gasteiger partial charge on any atom is -0.496 e. The molecule has 3 aromatic rings. The van der Waals surface area contributed by atoms with Crippen molar-refractivity contribution >= 4 is 17.4 Å². The van der Waals surface area contributed by atoms with Crippen LogP contribution in [0.3, 0.4) is 0 Å². The van der Waals surface area contributed by atoms with E-state index in [9.17, 15) is 4.79 Å². The van der Waals surface area contributed by atoms with Gasteiger partial charge in [-0.25, -0.2) is 4.98 Å². The summed E-state index contributed by atoms with van der Waals surface area (Å²) in [6.07, 6.45) is 3.44. The topological polar surface area (TPSA) is 76.6 Å². The number of anilines is 2. The fourth-order valence-corrected chi connectivity index (χ4v) is 3.29. The first kappa shape index (κ1) is 18.9. The van der Waals surface area contributed by atoms with E-state index in [1.54, 1.807) is 37.7 Å². The van der Waals surface area contributed by atoms with Crippen molar-refractivity contribution in [1.82, 2.24) is 9.97 Å². The molecule has 1 fully saturated rings. The molecule has 2 aromatic heterocycles. The Morgan fingerprint density at radius 1 is 1.07 bits per heavy atom. The number of ether oxygens (including phenoxy) is 2. The molecule has 0 spiro atoms. The van der Waals surface area contributed by atoms with Crippen LogP contribution in [-0.2, 0) is 4.74 Å². The minimum atomic E-state index is -0.215. The van der Waals surface area contributed by atoms with Gasteiger partial charge in [-0.05, 0) is 42.5 Å². The average Bonchev–Trinajstić information content (AvgIpc) is 2.80. The maximum absolute atomic E-state index is 13.0. The Morgan fingerprint density at radius 3 is 2.66 bits per heavy atom. The summed E-state index contributed by atoms with van der Waals surface area (Å²) in [5, 5.41) is 3.00. The monoisotopic (exact) mass is 390 g/mol. The van der Waals surface area contributed by atoms with Gasteiger partial charge in [0.1, 0.15) is 5.75 Å². The number of methoxy groups -OCH3 is 1. The first-order chi connectivity index (χ1) is 14.3. The zero-order valence-electron chi connectivity index (χ0n) is 16.2. The standard InChI is InChI=1S/C22H22N4O3/c1-28-20-8-7-16(15-17(20)18-5-2-3-9-23-18)22(27)25-19-6-4-10-24-21(19)26-11-13-29-14-12-26/h2-10,15H,11-14H2,1H3,(H,25,27). The summed E-state index contributed by atoms with van der Waals surface area (Å²) >= 11 is 0. The van der Waals surface area contributed by atoms with E-state index in [2.05, 4.69) is 20.2 Å². The predicted molar refractivity (Wildman–Crippen MR) is 111 cm³/mol. The number of rotatable bonds is 5. The lowest BCUT2D eigenvalue weighted by molar-refractivity contribution is 0.102. The van der Waals surface area contributed by atoms with Crippen molar-refractivity contribution in [1.29, 1.82) is 0 Å². The fraction of sp³-hybridized carbons (Fsp3) is 0.227. The van der Waals surface area contributed by atoms with Gasteiger partial charge in [0.05, 0.1) is 31.7 Å². The molecule has 0 atom stereocenters. The number of carbonyl (C=O) groups is 1. The van der Waals surface area contributed by atoms with Crippen molar-refractivity contribution in [3.8, 4) is 17.0 Å². The summed E-state index contributed by atoms with van der Waals surface area (Å²) in [6.45, 7) is 2.78. The van der Waals surface area contributed by atoms with Crippen LogP contribution in [0.15, 0.2) is 60.9 Å². The van der Waals surface area contributed by atoms with E-state index >= 15 is 0 Å². The second-order valence-corrected chi connectivity index (χ2v) is 6.56. The zero-order valence-corrected chi connectivity index (χ0v) is 16.2. The van der Waals surface area contributed by atoms with Gasteiger partial charge in [-0.3, -0.25) is 9.78 Å². The summed E-state index contributed by atoms with van der Waals surface area (Å²) < 4.78 is 10.9. The molecule has 29 heavy (non-hydrogen) atoms. The molecule has 0 radical (unpaired) electrons. The lowest BCUT2D eigenvalue weighted by Gasteiger charge is -2.29. The molecule has 7 nitrogen and oxygen atoms in total. The molecular formula is C22H22N4O3. The zero-order chi connectivity index (χ0) is 20.1. The third-order valence-corrected chi connectivity index (χ3v) is 4.75. The molecule has 1 aromatic carbocycles. The first-order valence-electron chi connectivity index (χ1n) is 9.45. The number of pyridine rings is 2. The average molecular weight is 390 g/mol. The van der Waals surface area contributed by atoms with Crippen LogP contribution in [0.2, 0.25) is 0 Å². The third kappa shape index (κ3) is 4.20. The first-order valence-corrected chi connectivity index (χ1v) is 9.45. The second kappa shape index (κ2) is 8.70. The number of aromatic nitrogens is 2. The van der Waals surface area contributed by atoms with Crippen LogP contribution in [0.25, 0.3) is 11.3 Å². The summed E-state index contributed by atoms with van der Waals surface area (Å²) in [5.41, 5.74) is 2.70. The van der Waals surface area contributed by atoms with Crippen LogP contribution in [0.4, 0.5) is 11.5 Å². The van der Waals surface area contributed by atoms with Gasteiger partial charge in [-0.1, -0.05) is 6.07 Å². The molecule has 148 valence electrons. The molecule has 4 rings (SSSR count). The van der Waals surface area contributed by atoms with Crippen LogP contribution in [0, 0.1) is 0 Å². The van der Waals surface area contributed by atoms with Gasteiger partial charge in [0.25, 0.3) is 5.91 Å². The van der Waals surface area contributed by atoms with E-state index in [1.165, 1.54) is 0 Å². The van der Waals surface area contributed by atoms with E-state index in [0.29, 0.717) is 30.2 Å². The molecule has 7 heteroatoms. The van der Waals surface area contributed by atoms with E-state index in [-0.39, 0.29) is 5.91 Å². The van der Waals surface area contributed by atoms with Crippen LogP contribution in [-0.4, -0.2) is 49.3 Å². The number of morpholine rings is 1. The summed E-state index contributed by atoms with van der Waals surface area (Å²) in [7, 11) is 1.60. The highest BCUT2D eigenvalue weighted by Crippen LogP contribution is 2.30. The Balaban J connectivity index is 1.61. The molecule has 1 N–H and O–H groups in total. The largest absolute Gasteiger partial charge is 0.496 e. The van der Waals surface area contributed by atoms with Gasteiger partial charge in [0, 0.05) is 36.6 Å². The van der Waals surface area contributed by atoms with Crippen molar-refractivity contribution in [3.63, 3.8) is 0 Å². The molecule has 3 heterocycles. The number of hydrogen-bond acceptors (Lipinski definition) is 6. The highest BCUT2D eigenvalue weighted by Gasteiger charge is 2.18. The third-order valence-electron chi connectivity index (χ3n) is 4.75. The number of carbonyl (C=O) groups excluding carboxylic acids is 1. The number of nitrogens with one attached hydrogen (secondary N) is 1. The van der Waals surface area contributed by atoms with Crippen molar-refractivity contribution in [3.05, 3.63) is 66.5 Å². The van der Waals surface area contributed by atoms with Crippen molar-refractivity contribution in [2.45, 2.75) is 0 Å². The van der Waals surface area contributed by atoms with E-state index in [0.717, 1.165) is 30.2 Å². The quantitative estimate of drug-likeness (QED) is 0.721. The Kier molecular flexibility index (Phi) is 5.67. The highest BCUT2D eigenvalue weighted by atomic mass is 16.5. The van der Waals surface area contributed by atoms with Crippen molar-refractivity contribution in [2.75, 3.05) is 43.6 Å². The van der Waals surface area contributed by atoms with Gasteiger partial charge in [0.2, 0.25) is 0 Å². The van der Waals surface area contributed by atoms with E-state index in [4.69, 9.17) is 9.47 Å². The molecule has 0 unspecified atom stereocenters. The van der Waals surface area contributed by atoms with Gasteiger partial charge in [-0.2, -0.15) is 0 Å². The van der Waals surface area contributed by atoms with Crippen LogP contribution < -0.4 is 15.0 Å².